The van der Waals surface area contributed by atoms with Crippen LogP contribution in [0.2, 0.25) is 0 Å². The van der Waals surface area contributed by atoms with E-state index in [9.17, 15) is 0 Å². The molecule has 0 amide bonds. The Hall–Kier alpha value is -0.890. The molecule has 0 aliphatic carbocycles. The number of nitrogens with zero attached hydrogens (tertiary/aromatic N) is 1. The molecule has 2 heterocycles. The number of thiophene rings is 1. The molecule has 2 rings (SSSR count). The minimum absolute atomic E-state index is 0.357. The molecule has 0 saturated carbocycles. The van der Waals surface area contributed by atoms with Gasteiger partial charge in [0.15, 0.2) is 0 Å². The molecule has 16 heavy (non-hydrogen) atoms. The third kappa shape index (κ3) is 2.82. The number of nitrogens with one attached hydrogen (secondary N) is 1. The molecule has 2 unspecified atom stereocenters. The standard InChI is InChI=1S/C12H16N2OS/c1-9(12-3-2-6-15-12)14-8-11-5-4-10(7-13)16-11/h4-5,9,12,14H,2-3,6,8H2,1H3. The molecule has 1 N–H and O–H groups in total. The van der Waals surface area contributed by atoms with Crippen LogP contribution in [0.15, 0.2) is 12.1 Å². The Morgan fingerprint density at radius 3 is 3.19 bits per heavy atom. The highest BCUT2D eigenvalue weighted by Crippen LogP contribution is 2.18. The van der Waals surface area contributed by atoms with Crippen LogP contribution >= 0.6 is 11.3 Å². The maximum Gasteiger partial charge on any atom is 0.110 e. The lowest BCUT2D eigenvalue weighted by molar-refractivity contribution is 0.0833. The molecule has 1 saturated heterocycles. The monoisotopic (exact) mass is 236 g/mol. The number of ether oxygens (including phenoxy) is 1. The average Bonchev–Trinajstić information content (AvgIpc) is 2.96. The van der Waals surface area contributed by atoms with Crippen molar-refractivity contribution in [1.82, 2.24) is 5.32 Å². The highest BCUT2D eigenvalue weighted by molar-refractivity contribution is 7.12. The van der Waals surface area contributed by atoms with Crippen molar-refractivity contribution in [3.63, 3.8) is 0 Å². The Kier molecular flexibility index (Phi) is 3.94. The quantitative estimate of drug-likeness (QED) is 0.872. The van der Waals surface area contributed by atoms with Crippen LogP contribution in [0.25, 0.3) is 0 Å². The van der Waals surface area contributed by atoms with Crippen molar-refractivity contribution in [2.24, 2.45) is 0 Å². The van der Waals surface area contributed by atoms with Crippen LogP contribution in [0, 0.1) is 11.3 Å². The Balaban J connectivity index is 1.80. The number of hydrogen-bond donors (Lipinski definition) is 1. The first-order valence-corrected chi connectivity index (χ1v) is 6.45. The predicted molar refractivity (Wildman–Crippen MR) is 64.3 cm³/mol. The molecule has 0 radical (unpaired) electrons. The van der Waals surface area contributed by atoms with Crippen LogP contribution < -0.4 is 5.32 Å². The molecule has 1 aliphatic rings. The number of rotatable bonds is 4. The second-order valence-electron chi connectivity index (χ2n) is 4.10. The summed E-state index contributed by atoms with van der Waals surface area (Å²) in [5.41, 5.74) is 0. The van der Waals surface area contributed by atoms with Gasteiger partial charge >= 0.3 is 0 Å². The summed E-state index contributed by atoms with van der Waals surface area (Å²) in [4.78, 5) is 1.99. The molecule has 0 bridgehead atoms. The Morgan fingerprint density at radius 2 is 2.56 bits per heavy atom. The van der Waals surface area contributed by atoms with Gasteiger partial charge in [0.1, 0.15) is 10.9 Å². The van der Waals surface area contributed by atoms with Crippen molar-refractivity contribution in [3.05, 3.63) is 21.9 Å². The Bertz CT molecular complexity index is 377. The third-order valence-electron chi connectivity index (χ3n) is 2.89. The van der Waals surface area contributed by atoms with Crippen molar-refractivity contribution in [2.45, 2.75) is 38.5 Å². The molecule has 86 valence electrons. The fourth-order valence-electron chi connectivity index (χ4n) is 1.92. The summed E-state index contributed by atoms with van der Waals surface area (Å²) in [7, 11) is 0. The van der Waals surface area contributed by atoms with Crippen LogP contribution in [-0.2, 0) is 11.3 Å². The van der Waals surface area contributed by atoms with Crippen molar-refractivity contribution < 1.29 is 4.74 Å². The summed E-state index contributed by atoms with van der Waals surface area (Å²) in [6, 6.07) is 6.43. The van der Waals surface area contributed by atoms with Gasteiger partial charge in [0, 0.05) is 24.1 Å². The van der Waals surface area contributed by atoms with Gasteiger partial charge in [-0.3, -0.25) is 0 Å². The van der Waals surface area contributed by atoms with Crippen LogP contribution in [0.4, 0.5) is 0 Å². The average molecular weight is 236 g/mol. The zero-order valence-electron chi connectivity index (χ0n) is 9.40. The van der Waals surface area contributed by atoms with Gasteiger partial charge in [0.05, 0.1) is 6.10 Å². The lowest BCUT2D eigenvalue weighted by Crippen LogP contribution is -2.36. The summed E-state index contributed by atoms with van der Waals surface area (Å²) in [6.07, 6.45) is 2.69. The Labute approximate surface area is 100 Å². The number of hydrogen-bond acceptors (Lipinski definition) is 4. The zero-order chi connectivity index (χ0) is 11.4. The van der Waals surface area contributed by atoms with Gasteiger partial charge in [-0.25, -0.2) is 0 Å². The molecule has 0 aromatic carbocycles. The van der Waals surface area contributed by atoms with Crippen molar-refractivity contribution >= 4 is 11.3 Å². The highest BCUT2D eigenvalue weighted by atomic mass is 32.1. The summed E-state index contributed by atoms with van der Waals surface area (Å²) in [6.45, 7) is 3.89. The van der Waals surface area contributed by atoms with E-state index in [1.807, 2.05) is 12.1 Å². The van der Waals surface area contributed by atoms with Gasteiger partial charge in [-0.2, -0.15) is 5.26 Å². The van der Waals surface area contributed by atoms with Gasteiger partial charge in [-0.1, -0.05) is 0 Å². The summed E-state index contributed by atoms with van der Waals surface area (Å²) in [5.74, 6) is 0. The first-order chi connectivity index (χ1) is 7.79. The van der Waals surface area contributed by atoms with Gasteiger partial charge < -0.3 is 10.1 Å². The second-order valence-corrected chi connectivity index (χ2v) is 5.27. The van der Waals surface area contributed by atoms with E-state index in [4.69, 9.17) is 10.00 Å². The topological polar surface area (TPSA) is 45.0 Å². The van der Waals surface area contributed by atoms with Crippen LogP contribution in [0.5, 0.6) is 0 Å². The van der Waals surface area contributed by atoms with E-state index < -0.39 is 0 Å². The predicted octanol–water partition coefficient (Wildman–Crippen LogP) is 2.28. The smallest absolute Gasteiger partial charge is 0.110 e. The van der Waals surface area contributed by atoms with E-state index in [1.165, 1.54) is 11.3 Å². The summed E-state index contributed by atoms with van der Waals surface area (Å²) >= 11 is 1.55. The normalized spacial score (nSPS) is 21.9. The lowest BCUT2D eigenvalue weighted by Gasteiger charge is -2.19. The molecule has 1 fully saturated rings. The van der Waals surface area contributed by atoms with Crippen LogP contribution in [0.1, 0.15) is 29.5 Å². The SMILES string of the molecule is CC(NCc1ccc(C#N)s1)C1CCCO1. The molecule has 3 nitrogen and oxygen atoms in total. The lowest BCUT2D eigenvalue weighted by atomic mass is 10.1. The first kappa shape index (κ1) is 11.6. The molecular formula is C12H16N2OS. The third-order valence-corrected chi connectivity index (χ3v) is 3.88. The second kappa shape index (κ2) is 5.44. The minimum atomic E-state index is 0.357. The van der Waals surface area contributed by atoms with Gasteiger partial charge in [-0.15, -0.1) is 11.3 Å². The van der Waals surface area contributed by atoms with E-state index in [0.29, 0.717) is 12.1 Å². The number of nitriles is 1. The summed E-state index contributed by atoms with van der Waals surface area (Å²) in [5, 5.41) is 12.2. The van der Waals surface area contributed by atoms with Crippen molar-refractivity contribution in [3.8, 4) is 6.07 Å². The first-order valence-electron chi connectivity index (χ1n) is 5.63. The van der Waals surface area contributed by atoms with E-state index in [2.05, 4.69) is 18.3 Å². The molecule has 1 aromatic heterocycles. The Morgan fingerprint density at radius 1 is 1.69 bits per heavy atom. The fraction of sp³-hybridized carbons (Fsp3) is 0.583. The van der Waals surface area contributed by atoms with Crippen LogP contribution in [-0.4, -0.2) is 18.8 Å². The van der Waals surface area contributed by atoms with Gasteiger partial charge in [0.2, 0.25) is 0 Å². The highest BCUT2D eigenvalue weighted by Gasteiger charge is 2.21. The molecular weight excluding hydrogens is 220 g/mol. The van der Waals surface area contributed by atoms with Crippen molar-refractivity contribution in [1.29, 1.82) is 5.26 Å². The van der Waals surface area contributed by atoms with Crippen LogP contribution in [0.3, 0.4) is 0 Å². The molecule has 1 aliphatic heterocycles. The van der Waals surface area contributed by atoms with E-state index in [1.54, 1.807) is 11.3 Å². The fourth-order valence-corrected chi connectivity index (χ4v) is 2.68. The molecule has 2 atom stereocenters. The largest absolute Gasteiger partial charge is 0.377 e. The van der Waals surface area contributed by atoms with E-state index >= 15 is 0 Å². The maximum absolute atomic E-state index is 8.72. The maximum atomic E-state index is 8.72. The zero-order valence-corrected chi connectivity index (χ0v) is 10.2. The molecule has 1 aromatic rings. The van der Waals surface area contributed by atoms with E-state index in [-0.39, 0.29) is 0 Å². The molecule has 4 heteroatoms. The molecule has 0 spiro atoms. The minimum Gasteiger partial charge on any atom is -0.377 e. The van der Waals surface area contributed by atoms with Crippen molar-refractivity contribution in [2.75, 3.05) is 6.61 Å². The van der Waals surface area contributed by atoms with Gasteiger partial charge in [-0.05, 0) is 31.9 Å². The summed E-state index contributed by atoms with van der Waals surface area (Å²) < 4.78 is 5.62. The van der Waals surface area contributed by atoms with Gasteiger partial charge in [0.25, 0.3) is 0 Å². The van der Waals surface area contributed by atoms with E-state index in [0.717, 1.165) is 24.4 Å².